The molecule has 1 rings (SSSR count). The highest BCUT2D eigenvalue weighted by Crippen LogP contribution is 2.39. The van der Waals surface area contributed by atoms with Gasteiger partial charge in [0.1, 0.15) is 11.3 Å². The number of rotatable bonds is 2. The Hall–Kier alpha value is -1.74. The lowest BCUT2D eigenvalue weighted by atomic mass is 10.0. The van der Waals surface area contributed by atoms with E-state index in [0.717, 1.165) is 13.2 Å². The van der Waals surface area contributed by atoms with Crippen LogP contribution < -0.4 is 4.74 Å². The lowest BCUT2D eigenvalue weighted by Crippen LogP contribution is -2.13. The summed E-state index contributed by atoms with van der Waals surface area (Å²) in [6.07, 6.45) is -4.67. The average molecular weight is 231 g/mol. The fourth-order valence-electron chi connectivity index (χ4n) is 1.38. The Balaban J connectivity index is 3.58. The summed E-state index contributed by atoms with van der Waals surface area (Å²) in [6.45, 7) is -0.866. The van der Waals surface area contributed by atoms with Gasteiger partial charge in [-0.15, -0.1) is 0 Å². The van der Waals surface area contributed by atoms with Gasteiger partial charge in [0.25, 0.3) is 0 Å². The molecule has 0 amide bonds. The Morgan fingerprint density at radius 2 is 2.06 bits per heavy atom. The lowest BCUT2D eigenvalue weighted by molar-refractivity contribution is -0.139. The Labute approximate surface area is 89.7 Å². The van der Waals surface area contributed by atoms with Crippen molar-refractivity contribution in [2.75, 3.05) is 7.11 Å². The van der Waals surface area contributed by atoms with E-state index in [1.54, 1.807) is 6.07 Å². The maximum absolute atomic E-state index is 12.7. The molecule has 0 heterocycles. The smallest absolute Gasteiger partial charge is 0.420 e. The maximum Gasteiger partial charge on any atom is 0.420 e. The van der Waals surface area contributed by atoms with Crippen molar-refractivity contribution in [1.82, 2.24) is 0 Å². The Bertz CT molecular complexity index is 435. The van der Waals surface area contributed by atoms with Gasteiger partial charge in [0, 0.05) is 5.56 Å². The van der Waals surface area contributed by atoms with Gasteiger partial charge in [-0.25, -0.2) is 0 Å². The normalized spacial score (nSPS) is 11.0. The topological polar surface area (TPSA) is 53.2 Å². The summed E-state index contributed by atoms with van der Waals surface area (Å²) >= 11 is 0. The number of aliphatic hydroxyl groups excluding tert-OH is 1. The van der Waals surface area contributed by atoms with Crippen LogP contribution in [0.5, 0.6) is 5.75 Å². The van der Waals surface area contributed by atoms with Crippen molar-refractivity contribution in [3.63, 3.8) is 0 Å². The summed E-state index contributed by atoms with van der Waals surface area (Å²) in [5, 5.41) is 17.5. The molecule has 0 saturated heterocycles. The fourth-order valence-corrected chi connectivity index (χ4v) is 1.38. The molecule has 0 spiro atoms. The zero-order chi connectivity index (χ0) is 12.3. The minimum absolute atomic E-state index is 0.212. The molecule has 6 heteroatoms. The van der Waals surface area contributed by atoms with Gasteiger partial charge in [-0.2, -0.15) is 18.4 Å². The van der Waals surface area contributed by atoms with E-state index in [0.29, 0.717) is 0 Å². The van der Waals surface area contributed by atoms with Gasteiger partial charge < -0.3 is 9.84 Å². The van der Waals surface area contributed by atoms with Crippen LogP contribution in [0.3, 0.4) is 0 Å². The number of nitrogens with zero attached hydrogens (tertiary/aromatic N) is 1. The van der Waals surface area contributed by atoms with E-state index in [1.165, 1.54) is 6.07 Å². The highest BCUT2D eigenvalue weighted by Gasteiger charge is 2.38. The number of halogens is 3. The van der Waals surface area contributed by atoms with E-state index >= 15 is 0 Å². The number of methoxy groups -OCH3 is 1. The predicted molar refractivity (Wildman–Crippen MR) is 48.6 cm³/mol. The first-order chi connectivity index (χ1) is 7.45. The Morgan fingerprint density at radius 1 is 1.44 bits per heavy atom. The highest BCUT2D eigenvalue weighted by molar-refractivity contribution is 5.51. The number of hydrogen-bond acceptors (Lipinski definition) is 3. The molecule has 3 nitrogen and oxygen atoms in total. The van der Waals surface area contributed by atoms with E-state index in [4.69, 9.17) is 10.4 Å². The molecular formula is C10H8F3NO2. The molecule has 1 aromatic rings. The van der Waals surface area contributed by atoms with Crippen LogP contribution in [0.15, 0.2) is 12.1 Å². The molecule has 0 atom stereocenters. The number of hydrogen-bond donors (Lipinski definition) is 1. The molecule has 0 aliphatic heterocycles. The Kier molecular flexibility index (Phi) is 3.40. The van der Waals surface area contributed by atoms with Crippen molar-refractivity contribution in [2.24, 2.45) is 0 Å². The Morgan fingerprint density at radius 3 is 2.44 bits per heavy atom. The zero-order valence-electron chi connectivity index (χ0n) is 8.30. The third kappa shape index (κ3) is 2.09. The van der Waals surface area contributed by atoms with Gasteiger partial charge in [-0.1, -0.05) is 0 Å². The van der Waals surface area contributed by atoms with Crippen LogP contribution in [0, 0.1) is 11.3 Å². The first kappa shape index (κ1) is 12.3. The van der Waals surface area contributed by atoms with Crippen molar-refractivity contribution < 1.29 is 23.0 Å². The second-order valence-corrected chi connectivity index (χ2v) is 2.94. The maximum atomic E-state index is 12.7. The predicted octanol–water partition coefficient (Wildman–Crippen LogP) is 2.08. The van der Waals surface area contributed by atoms with Gasteiger partial charge in [-0.05, 0) is 12.1 Å². The van der Waals surface area contributed by atoms with Crippen LogP contribution in [0.25, 0.3) is 0 Å². The number of aliphatic hydroxyl groups is 1. The molecule has 1 aromatic carbocycles. The minimum atomic E-state index is -4.67. The van der Waals surface area contributed by atoms with E-state index in [9.17, 15) is 13.2 Å². The van der Waals surface area contributed by atoms with Crippen molar-refractivity contribution in [1.29, 1.82) is 5.26 Å². The van der Waals surface area contributed by atoms with Crippen LogP contribution in [-0.4, -0.2) is 12.2 Å². The van der Waals surface area contributed by atoms with E-state index < -0.39 is 29.7 Å². The first-order valence-corrected chi connectivity index (χ1v) is 4.23. The lowest BCUT2D eigenvalue weighted by Gasteiger charge is -2.16. The van der Waals surface area contributed by atoms with Gasteiger partial charge in [0.2, 0.25) is 0 Å². The van der Waals surface area contributed by atoms with E-state index in [1.807, 2.05) is 0 Å². The molecule has 0 saturated carbocycles. The van der Waals surface area contributed by atoms with Crippen molar-refractivity contribution >= 4 is 0 Å². The number of nitriles is 1. The minimum Gasteiger partial charge on any atom is -0.496 e. The third-order valence-electron chi connectivity index (χ3n) is 2.06. The second kappa shape index (κ2) is 4.41. The fraction of sp³-hybridized carbons (Fsp3) is 0.300. The number of benzene rings is 1. The summed E-state index contributed by atoms with van der Waals surface area (Å²) < 4.78 is 42.7. The van der Waals surface area contributed by atoms with Crippen LogP contribution >= 0.6 is 0 Å². The summed E-state index contributed by atoms with van der Waals surface area (Å²) in [4.78, 5) is 0. The summed E-state index contributed by atoms with van der Waals surface area (Å²) in [6, 6.07) is 3.83. The van der Waals surface area contributed by atoms with Gasteiger partial charge in [0.05, 0.1) is 25.3 Å². The molecule has 0 fully saturated rings. The molecule has 0 unspecified atom stereocenters. The molecule has 0 aliphatic rings. The SMILES string of the molecule is COc1ccc(C#N)c(CO)c1C(F)(F)F. The quantitative estimate of drug-likeness (QED) is 0.847. The summed E-state index contributed by atoms with van der Waals surface area (Å²) in [5.41, 5.74) is -1.78. The van der Waals surface area contributed by atoms with Crippen LogP contribution in [0.1, 0.15) is 16.7 Å². The van der Waals surface area contributed by atoms with Crippen LogP contribution in [0.4, 0.5) is 13.2 Å². The van der Waals surface area contributed by atoms with Crippen LogP contribution in [-0.2, 0) is 12.8 Å². The molecule has 86 valence electrons. The van der Waals surface area contributed by atoms with Crippen LogP contribution in [0.2, 0.25) is 0 Å². The first-order valence-electron chi connectivity index (χ1n) is 4.23. The third-order valence-corrected chi connectivity index (χ3v) is 2.06. The molecule has 0 radical (unpaired) electrons. The van der Waals surface area contributed by atoms with Gasteiger partial charge >= 0.3 is 6.18 Å². The van der Waals surface area contributed by atoms with Crippen molar-refractivity contribution in [3.05, 3.63) is 28.8 Å². The highest BCUT2D eigenvalue weighted by atomic mass is 19.4. The van der Waals surface area contributed by atoms with Gasteiger partial charge in [0.15, 0.2) is 0 Å². The molecule has 0 aromatic heterocycles. The van der Waals surface area contributed by atoms with Crippen molar-refractivity contribution in [3.8, 4) is 11.8 Å². The summed E-state index contributed by atoms with van der Waals surface area (Å²) in [5.74, 6) is -0.407. The molecular weight excluding hydrogens is 223 g/mol. The summed E-state index contributed by atoms with van der Waals surface area (Å²) in [7, 11) is 1.10. The average Bonchev–Trinajstić information content (AvgIpc) is 2.25. The van der Waals surface area contributed by atoms with E-state index in [2.05, 4.69) is 4.74 Å². The molecule has 1 N–H and O–H groups in total. The largest absolute Gasteiger partial charge is 0.496 e. The molecule has 0 bridgehead atoms. The zero-order valence-corrected chi connectivity index (χ0v) is 8.30. The molecule has 16 heavy (non-hydrogen) atoms. The van der Waals surface area contributed by atoms with Crippen molar-refractivity contribution in [2.45, 2.75) is 12.8 Å². The molecule has 0 aliphatic carbocycles. The number of ether oxygens (including phenoxy) is 1. The standard InChI is InChI=1S/C10H8F3NO2/c1-16-8-3-2-6(4-14)7(5-15)9(8)10(11,12)13/h2-3,15H,5H2,1H3. The van der Waals surface area contributed by atoms with Gasteiger partial charge in [-0.3, -0.25) is 0 Å². The second-order valence-electron chi connectivity index (χ2n) is 2.94. The number of alkyl halides is 3. The monoisotopic (exact) mass is 231 g/mol. The van der Waals surface area contributed by atoms with E-state index in [-0.39, 0.29) is 5.56 Å².